The van der Waals surface area contributed by atoms with Gasteiger partial charge in [-0.25, -0.2) is 4.79 Å². The summed E-state index contributed by atoms with van der Waals surface area (Å²) >= 11 is 5.77. The van der Waals surface area contributed by atoms with Crippen molar-refractivity contribution in [3.63, 3.8) is 0 Å². The average molecular weight is 279 g/mol. The Morgan fingerprint density at radius 2 is 1.84 bits per heavy atom. The second-order valence-corrected chi connectivity index (χ2v) is 4.14. The standard InChI is InChI=1S/C14H11ClO4/c1-18-14(17)11-3-2-4-12(13(11)16)19-10-7-5-9(15)6-8-10/h2-8,16H,1H3. The molecule has 2 aromatic rings. The molecule has 4 nitrogen and oxygen atoms in total. The predicted molar refractivity (Wildman–Crippen MR) is 71.0 cm³/mol. The topological polar surface area (TPSA) is 55.8 Å². The molecule has 0 bridgehead atoms. The zero-order valence-corrected chi connectivity index (χ0v) is 10.8. The Labute approximate surface area is 115 Å². The summed E-state index contributed by atoms with van der Waals surface area (Å²) in [6, 6.07) is 11.2. The van der Waals surface area contributed by atoms with Gasteiger partial charge in [-0.1, -0.05) is 17.7 Å². The van der Waals surface area contributed by atoms with E-state index >= 15 is 0 Å². The molecule has 2 rings (SSSR count). The van der Waals surface area contributed by atoms with E-state index in [0.29, 0.717) is 10.8 Å². The number of aromatic hydroxyl groups is 1. The number of benzene rings is 2. The molecule has 19 heavy (non-hydrogen) atoms. The number of ether oxygens (including phenoxy) is 2. The summed E-state index contributed by atoms with van der Waals surface area (Å²) < 4.78 is 10.0. The molecule has 0 atom stereocenters. The summed E-state index contributed by atoms with van der Waals surface area (Å²) in [6.45, 7) is 0. The highest BCUT2D eigenvalue weighted by atomic mass is 35.5. The van der Waals surface area contributed by atoms with Gasteiger partial charge in [0.1, 0.15) is 11.3 Å². The number of phenolic OH excluding ortho intramolecular Hbond substituents is 1. The lowest BCUT2D eigenvalue weighted by Gasteiger charge is -2.10. The lowest BCUT2D eigenvalue weighted by molar-refractivity contribution is 0.0597. The molecular formula is C14H11ClO4. The first kappa shape index (κ1) is 13.2. The van der Waals surface area contributed by atoms with Gasteiger partial charge in [0, 0.05) is 5.02 Å². The van der Waals surface area contributed by atoms with Gasteiger partial charge in [0.05, 0.1) is 7.11 Å². The smallest absolute Gasteiger partial charge is 0.341 e. The van der Waals surface area contributed by atoms with Crippen LogP contribution in [0.1, 0.15) is 10.4 Å². The van der Waals surface area contributed by atoms with Crippen LogP contribution in [-0.2, 0) is 4.74 Å². The van der Waals surface area contributed by atoms with Crippen molar-refractivity contribution in [2.75, 3.05) is 7.11 Å². The highest BCUT2D eigenvalue weighted by Crippen LogP contribution is 2.34. The minimum Gasteiger partial charge on any atom is -0.504 e. The van der Waals surface area contributed by atoms with Crippen LogP contribution in [0.3, 0.4) is 0 Å². The van der Waals surface area contributed by atoms with Gasteiger partial charge >= 0.3 is 5.97 Å². The Hall–Kier alpha value is -2.20. The van der Waals surface area contributed by atoms with E-state index in [1.54, 1.807) is 36.4 Å². The van der Waals surface area contributed by atoms with Crippen molar-refractivity contribution < 1.29 is 19.4 Å². The maximum Gasteiger partial charge on any atom is 0.341 e. The molecule has 0 spiro atoms. The fraction of sp³-hybridized carbons (Fsp3) is 0.0714. The van der Waals surface area contributed by atoms with E-state index in [2.05, 4.69) is 4.74 Å². The highest BCUT2D eigenvalue weighted by Gasteiger charge is 2.15. The van der Waals surface area contributed by atoms with E-state index in [-0.39, 0.29) is 17.1 Å². The Morgan fingerprint density at radius 3 is 2.47 bits per heavy atom. The lowest BCUT2D eigenvalue weighted by atomic mass is 10.2. The minimum absolute atomic E-state index is 0.0500. The maximum absolute atomic E-state index is 11.4. The molecule has 0 radical (unpaired) electrons. The summed E-state index contributed by atoms with van der Waals surface area (Å²) in [4.78, 5) is 11.4. The van der Waals surface area contributed by atoms with Gasteiger partial charge in [-0.15, -0.1) is 0 Å². The first-order valence-corrected chi connectivity index (χ1v) is 5.83. The van der Waals surface area contributed by atoms with Crippen LogP contribution in [0.2, 0.25) is 5.02 Å². The lowest BCUT2D eigenvalue weighted by Crippen LogP contribution is -2.01. The van der Waals surface area contributed by atoms with E-state index in [0.717, 1.165) is 0 Å². The fourth-order valence-electron chi connectivity index (χ4n) is 1.51. The zero-order valence-electron chi connectivity index (χ0n) is 10.1. The number of hydrogen-bond acceptors (Lipinski definition) is 4. The van der Waals surface area contributed by atoms with Crippen LogP contribution in [0.5, 0.6) is 17.2 Å². The van der Waals surface area contributed by atoms with E-state index in [9.17, 15) is 9.90 Å². The van der Waals surface area contributed by atoms with E-state index in [1.165, 1.54) is 13.2 Å². The number of para-hydroxylation sites is 1. The Bertz CT molecular complexity index is 593. The third-order valence-corrected chi connectivity index (χ3v) is 2.70. The van der Waals surface area contributed by atoms with Crippen molar-refractivity contribution in [1.82, 2.24) is 0 Å². The number of phenols is 1. The molecule has 0 saturated heterocycles. The number of carbonyl (C=O) groups is 1. The average Bonchev–Trinajstić information content (AvgIpc) is 2.43. The van der Waals surface area contributed by atoms with Gasteiger partial charge < -0.3 is 14.6 Å². The van der Waals surface area contributed by atoms with Gasteiger partial charge in [0.2, 0.25) is 0 Å². The zero-order chi connectivity index (χ0) is 13.8. The van der Waals surface area contributed by atoms with E-state index in [1.807, 2.05) is 0 Å². The number of halogens is 1. The highest BCUT2D eigenvalue weighted by molar-refractivity contribution is 6.30. The Kier molecular flexibility index (Phi) is 3.92. The van der Waals surface area contributed by atoms with Crippen LogP contribution >= 0.6 is 11.6 Å². The first-order valence-electron chi connectivity index (χ1n) is 5.45. The molecule has 0 aromatic heterocycles. The minimum atomic E-state index is -0.626. The monoisotopic (exact) mass is 278 g/mol. The summed E-state index contributed by atoms with van der Waals surface area (Å²) in [6.07, 6.45) is 0. The molecule has 0 aliphatic rings. The maximum atomic E-state index is 11.4. The SMILES string of the molecule is COC(=O)c1cccc(Oc2ccc(Cl)cc2)c1O. The van der Waals surface area contributed by atoms with Crippen LogP contribution in [0.25, 0.3) is 0 Å². The summed E-state index contributed by atoms with van der Waals surface area (Å²) in [5.41, 5.74) is 0.0500. The Morgan fingerprint density at radius 1 is 1.16 bits per heavy atom. The molecule has 1 N–H and O–H groups in total. The van der Waals surface area contributed by atoms with Gasteiger partial charge in [-0.05, 0) is 36.4 Å². The quantitative estimate of drug-likeness (QED) is 0.871. The molecule has 0 saturated carbocycles. The van der Waals surface area contributed by atoms with Crippen LogP contribution in [0.4, 0.5) is 0 Å². The van der Waals surface area contributed by atoms with Crippen molar-refractivity contribution in [2.24, 2.45) is 0 Å². The fourth-order valence-corrected chi connectivity index (χ4v) is 1.63. The molecule has 98 valence electrons. The van der Waals surface area contributed by atoms with Crippen molar-refractivity contribution in [3.05, 3.63) is 53.1 Å². The molecule has 0 aliphatic carbocycles. The molecule has 0 unspecified atom stereocenters. The van der Waals surface area contributed by atoms with Gasteiger partial charge in [0.15, 0.2) is 11.5 Å². The molecule has 2 aromatic carbocycles. The summed E-state index contributed by atoms with van der Waals surface area (Å²) in [7, 11) is 1.24. The number of methoxy groups -OCH3 is 1. The second-order valence-electron chi connectivity index (χ2n) is 3.70. The number of rotatable bonds is 3. The normalized spacial score (nSPS) is 10.0. The van der Waals surface area contributed by atoms with Gasteiger partial charge in [-0.2, -0.15) is 0 Å². The Balaban J connectivity index is 2.30. The van der Waals surface area contributed by atoms with Gasteiger partial charge in [0.25, 0.3) is 0 Å². The van der Waals surface area contributed by atoms with Crippen LogP contribution in [0, 0.1) is 0 Å². The second kappa shape index (κ2) is 5.63. The molecule has 0 aliphatic heterocycles. The number of hydrogen-bond donors (Lipinski definition) is 1. The number of carbonyl (C=O) groups excluding carboxylic acids is 1. The van der Waals surface area contributed by atoms with E-state index in [4.69, 9.17) is 16.3 Å². The van der Waals surface area contributed by atoms with Gasteiger partial charge in [-0.3, -0.25) is 0 Å². The molecule has 5 heteroatoms. The van der Waals surface area contributed by atoms with Crippen LogP contribution < -0.4 is 4.74 Å². The molecule has 0 amide bonds. The van der Waals surface area contributed by atoms with Crippen molar-refractivity contribution >= 4 is 17.6 Å². The van der Waals surface area contributed by atoms with E-state index < -0.39 is 5.97 Å². The predicted octanol–water partition coefficient (Wildman–Crippen LogP) is 3.62. The largest absolute Gasteiger partial charge is 0.504 e. The third kappa shape index (κ3) is 2.98. The van der Waals surface area contributed by atoms with Crippen molar-refractivity contribution in [2.45, 2.75) is 0 Å². The third-order valence-electron chi connectivity index (χ3n) is 2.45. The van der Waals surface area contributed by atoms with Crippen molar-refractivity contribution in [1.29, 1.82) is 0 Å². The molecule has 0 fully saturated rings. The number of esters is 1. The van der Waals surface area contributed by atoms with Crippen LogP contribution in [0.15, 0.2) is 42.5 Å². The van der Waals surface area contributed by atoms with Crippen molar-refractivity contribution in [3.8, 4) is 17.2 Å². The van der Waals surface area contributed by atoms with Crippen LogP contribution in [-0.4, -0.2) is 18.2 Å². The molecular weight excluding hydrogens is 268 g/mol. The molecule has 0 heterocycles. The summed E-state index contributed by atoms with van der Waals surface area (Å²) in [5.74, 6) is -0.213. The summed E-state index contributed by atoms with van der Waals surface area (Å²) in [5, 5.41) is 10.5. The first-order chi connectivity index (χ1) is 9.11.